The van der Waals surface area contributed by atoms with Crippen molar-refractivity contribution in [2.45, 2.75) is 26.8 Å². The molecule has 0 spiro atoms. The second-order valence-electron chi connectivity index (χ2n) is 7.57. The number of carboxylic acid groups (broad SMARTS) is 1. The fourth-order valence-corrected chi connectivity index (χ4v) is 5.03. The van der Waals surface area contributed by atoms with E-state index >= 15 is 0 Å². The number of rotatable bonds is 9. The van der Waals surface area contributed by atoms with Crippen LogP contribution in [0, 0.1) is 11.6 Å². The maximum atomic E-state index is 14.5. The number of benzene rings is 2. The zero-order chi connectivity index (χ0) is 27.1. The van der Waals surface area contributed by atoms with Gasteiger partial charge in [0.2, 0.25) is 0 Å². The van der Waals surface area contributed by atoms with Gasteiger partial charge in [0.15, 0.2) is 0 Å². The number of urea groups is 1. The summed E-state index contributed by atoms with van der Waals surface area (Å²) >= 11 is 0.993. The van der Waals surface area contributed by atoms with Crippen LogP contribution in [0.25, 0.3) is 10.4 Å². The van der Waals surface area contributed by atoms with Crippen molar-refractivity contribution in [1.29, 1.82) is 0 Å². The number of carbonyl (C=O) groups excluding carboxylic acids is 2. The van der Waals surface area contributed by atoms with Crippen molar-refractivity contribution in [2.75, 3.05) is 23.9 Å². The lowest BCUT2D eigenvalue weighted by atomic mass is 10.0. The number of halogens is 2. The molecule has 0 unspecified atom stereocenters. The third-order valence-corrected chi connectivity index (χ3v) is 6.57. The summed E-state index contributed by atoms with van der Waals surface area (Å²) in [5.41, 5.74) is 3.08. The highest BCUT2D eigenvalue weighted by molar-refractivity contribution is 7.20. The summed E-state index contributed by atoms with van der Waals surface area (Å²) in [6.45, 7) is 2.73. The SMILES string of the molecule is CCOC(=O)N(Cc1c(F)cccc1F)c1sc(-c2ccc(NC(=O)NOC)cc2)c(CC)c1C(=O)O. The molecule has 9 nitrogen and oxygen atoms in total. The Morgan fingerprint density at radius 1 is 1.03 bits per heavy atom. The van der Waals surface area contributed by atoms with Gasteiger partial charge in [0, 0.05) is 16.1 Å². The van der Waals surface area contributed by atoms with Crippen LogP contribution < -0.4 is 15.7 Å². The molecule has 2 aromatic carbocycles. The summed E-state index contributed by atoms with van der Waals surface area (Å²) in [5, 5.41) is 12.6. The molecule has 196 valence electrons. The lowest BCUT2D eigenvalue weighted by molar-refractivity contribution is 0.0697. The van der Waals surface area contributed by atoms with Crippen LogP contribution in [0.5, 0.6) is 0 Å². The van der Waals surface area contributed by atoms with Gasteiger partial charge in [-0.1, -0.05) is 25.1 Å². The van der Waals surface area contributed by atoms with Crippen LogP contribution in [0.3, 0.4) is 0 Å². The number of carboxylic acids is 1. The number of nitrogens with one attached hydrogen (secondary N) is 2. The Balaban J connectivity index is 2.11. The summed E-state index contributed by atoms with van der Waals surface area (Å²) in [4.78, 5) is 43.0. The Morgan fingerprint density at radius 2 is 1.68 bits per heavy atom. The van der Waals surface area contributed by atoms with E-state index in [2.05, 4.69) is 15.6 Å². The molecule has 0 saturated heterocycles. The summed E-state index contributed by atoms with van der Waals surface area (Å²) in [6.07, 6.45) is -0.638. The highest BCUT2D eigenvalue weighted by Gasteiger charge is 2.31. The number of thiophene rings is 1. The van der Waals surface area contributed by atoms with E-state index in [0.29, 0.717) is 28.1 Å². The van der Waals surface area contributed by atoms with Crippen molar-refractivity contribution in [1.82, 2.24) is 5.48 Å². The summed E-state index contributed by atoms with van der Waals surface area (Å²) in [6, 6.07) is 9.30. The number of carbonyl (C=O) groups is 3. The molecule has 3 aromatic rings. The third-order valence-electron chi connectivity index (χ3n) is 5.27. The standard InChI is InChI=1S/C25H25F2N3O6S/c1-4-16-20(23(31)32)22(30(25(34)36-5-2)13-17-18(26)7-6-8-19(17)27)37-21(16)14-9-11-15(12-10-14)28-24(33)29-35-3/h6-12H,4-5,13H2,1-3H3,(H,31,32)(H2,28,29,33). The van der Waals surface area contributed by atoms with Crippen molar-refractivity contribution in [3.8, 4) is 10.4 Å². The van der Waals surface area contributed by atoms with E-state index in [9.17, 15) is 28.3 Å². The van der Waals surface area contributed by atoms with Gasteiger partial charge in [-0.25, -0.2) is 28.6 Å². The molecule has 0 bridgehead atoms. The fraction of sp³-hybridized carbons (Fsp3) is 0.240. The van der Waals surface area contributed by atoms with E-state index in [0.717, 1.165) is 28.4 Å². The molecule has 3 N–H and O–H groups in total. The summed E-state index contributed by atoms with van der Waals surface area (Å²) < 4.78 is 34.0. The lowest BCUT2D eigenvalue weighted by Crippen LogP contribution is -2.32. The summed E-state index contributed by atoms with van der Waals surface area (Å²) in [7, 11) is 1.30. The molecule has 0 atom stereocenters. The zero-order valence-corrected chi connectivity index (χ0v) is 21.1. The average molecular weight is 534 g/mol. The average Bonchev–Trinajstić information content (AvgIpc) is 3.24. The Labute approximate surface area is 215 Å². The number of amides is 3. The molecule has 0 saturated carbocycles. The predicted octanol–water partition coefficient (Wildman–Crippen LogP) is 5.80. The molecule has 0 radical (unpaired) electrons. The number of ether oxygens (including phenoxy) is 1. The number of nitrogens with zero attached hydrogens (tertiary/aromatic N) is 1. The fourth-order valence-electron chi connectivity index (χ4n) is 3.65. The van der Waals surface area contributed by atoms with Gasteiger partial charge in [0.1, 0.15) is 16.6 Å². The Hall–Kier alpha value is -4.03. The third kappa shape index (κ3) is 6.22. The van der Waals surface area contributed by atoms with E-state index in [1.54, 1.807) is 38.1 Å². The number of hydrogen-bond donors (Lipinski definition) is 3. The van der Waals surface area contributed by atoms with Crippen LogP contribution in [0.4, 0.5) is 29.1 Å². The van der Waals surface area contributed by atoms with Gasteiger partial charge in [0.05, 0.1) is 25.8 Å². The van der Waals surface area contributed by atoms with Crippen LogP contribution in [0.1, 0.15) is 35.3 Å². The Kier molecular flexibility index (Phi) is 9.15. The molecule has 0 fully saturated rings. The Bertz CT molecular complexity index is 1280. The van der Waals surface area contributed by atoms with Crippen molar-refractivity contribution in [3.63, 3.8) is 0 Å². The van der Waals surface area contributed by atoms with Crippen LogP contribution >= 0.6 is 11.3 Å². The first-order valence-corrected chi connectivity index (χ1v) is 12.0. The van der Waals surface area contributed by atoms with Gasteiger partial charge in [-0.15, -0.1) is 11.3 Å². The predicted molar refractivity (Wildman–Crippen MR) is 135 cm³/mol. The first-order valence-electron chi connectivity index (χ1n) is 11.2. The van der Waals surface area contributed by atoms with Gasteiger partial charge >= 0.3 is 18.1 Å². The van der Waals surface area contributed by atoms with Crippen LogP contribution in [0.2, 0.25) is 0 Å². The van der Waals surface area contributed by atoms with Crippen LogP contribution in [-0.4, -0.2) is 36.9 Å². The molecule has 3 rings (SSSR count). The molecule has 1 heterocycles. The molecule has 12 heteroatoms. The largest absolute Gasteiger partial charge is 0.478 e. The van der Waals surface area contributed by atoms with Crippen molar-refractivity contribution < 1.29 is 37.8 Å². The smallest absolute Gasteiger partial charge is 0.415 e. The van der Waals surface area contributed by atoms with Crippen LogP contribution in [-0.2, 0) is 22.5 Å². The quantitative estimate of drug-likeness (QED) is 0.299. The van der Waals surface area contributed by atoms with Gasteiger partial charge in [-0.05, 0) is 48.7 Å². The molecule has 0 aliphatic carbocycles. The van der Waals surface area contributed by atoms with Gasteiger partial charge in [-0.2, -0.15) is 0 Å². The zero-order valence-electron chi connectivity index (χ0n) is 20.3. The molecule has 37 heavy (non-hydrogen) atoms. The minimum Gasteiger partial charge on any atom is -0.478 e. The first kappa shape index (κ1) is 27.6. The topological polar surface area (TPSA) is 117 Å². The normalized spacial score (nSPS) is 10.6. The second-order valence-corrected chi connectivity index (χ2v) is 8.57. The first-order chi connectivity index (χ1) is 17.7. The lowest BCUT2D eigenvalue weighted by Gasteiger charge is -2.22. The monoisotopic (exact) mass is 533 g/mol. The second kappa shape index (κ2) is 12.3. The highest BCUT2D eigenvalue weighted by Crippen LogP contribution is 2.44. The van der Waals surface area contributed by atoms with Crippen molar-refractivity contribution >= 4 is 40.1 Å². The van der Waals surface area contributed by atoms with Crippen molar-refractivity contribution in [2.24, 2.45) is 0 Å². The molecule has 1 aromatic heterocycles. The van der Waals surface area contributed by atoms with Crippen molar-refractivity contribution in [3.05, 3.63) is 70.8 Å². The molecule has 3 amide bonds. The minimum atomic E-state index is -1.30. The number of hydrogen-bond acceptors (Lipinski definition) is 6. The molecule has 0 aliphatic heterocycles. The van der Waals surface area contributed by atoms with Gasteiger partial charge in [-0.3, -0.25) is 9.74 Å². The highest BCUT2D eigenvalue weighted by atomic mass is 32.1. The maximum absolute atomic E-state index is 14.5. The number of aromatic carboxylic acids is 1. The van der Waals surface area contributed by atoms with E-state index in [1.807, 2.05) is 0 Å². The number of hydroxylamine groups is 1. The van der Waals surface area contributed by atoms with Crippen LogP contribution in [0.15, 0.2) is 42.5 Å². The minimum absolute atomic E-state index is 0.0119. The van der Waals surface area contributed by atoms with Gasteiger partial charge in [0.25, 0.3) is 0 Å². The Morgan fingerprint density at radius 3 is 2.22 bits per heavy atom. The number of anilines is 2. The maximum Gasteiger partial charge on any atom is 0.415 e. The van der Waals surface area contributed by atoms with E-state index in [1.165, 1.54) is 13.2 Å². The van der Waals surface area contributed by atoms with E-state index in [4.69, 9.17) is 4.74 Å². The van der Waals surface area contributed by atoms with E-state index < -0.39 is 41.8 Å². The van der Waals surface area contributed by atoms with Gasteiger partial charge < -0.3 is 15.2 Å². The molecular formula is C25H25F2N3O6S. The molecule has 0 aliphatic rings. The summed E-state index contributed by atoms with van der Waals surface area (Å²) in [5.74, 6) is -3.05. The van der Waals surface area contributed by atoms with E-state index in [-0.39, 0.29) is 17.2 Å². The molecular weight excluding hydrogens is 508 g/mol.